The number of fused-ring (bicyclic) bond motifs is 1. The summed E-state index contributed by atoms with van der Waals surface area (Å²) in [6.07, 6.45) is 4.39. The number of carbonyl (C=O) groups excluding carboxylic acids is 1. The molecule has 1 amide bonds. The van der Waals surface area contributed by atoms with Crippen molar-refractivity contribution < 1.29 is 17.9 Å². The van der Waals surface area contributed by atoms with E-state index in [2.05, 4.69) is 4.90 Å². The predicted octanol–water partition coefficient (Wildman–Crippen LogP) is 5.27. The Bertz CT molecular complexity index is 1390. The molecule has 1 aromatic heterocycles. The predicted molar refractivity (Wildman–Crippen MR) is 156 cm³/mol. The number of amides is 1. The fourth-order valence-electron chi connectivity index (χ4n) is 5.32. The minimum Gasteiger partial charge on any atom is -0.379 e. The summed E-state index contributed by atoms with van der Waals surface area (Å²) in [5.74, 6) is -0.199. The first-order valence-electron chi connectivity index (χ1n) is 13.7. The molecule has 2 aliphatic heterocycles. The molecular formula is C28H35ClN4O4S2. The molecule has 5 rings (SSSR count). The highest BCUT2D eigenvalue weighted by atomic mass is 35.5. The number of nitrogens with zero attached hydrogens (tertiary/aromatic N) is 4. The van der Waals surface area contributed by atoms with E-state index in [1.54, 1.807) is 39.5 Å². The zero-order chi connectivity index (χ0) is 27.4. The van der Waals surface area contributed by atoms with Crippen molar-refractivity contribution in [2.45, 2.75) is 50.0 Å². The number of rotatable bonds is 9. The van der Waals surface area contributed by atoms with Gasteiger partial charge in [-0.1, -0.05) is 36.3 Å². The van der Waals surface area contributed by atoms with Gasteiger partial charge >= 0.3 is 0 Å². The fourth-order valence-corrected chi connectivity index (χ4v) is 8.36. The second-order valence-corrected chi connectivity index (χ2v) is 13.4. The highest BCUT2D eigenvalue weighted by Gasteiger charge is 2.32. The molecule has 0 aliphatic carbocycles. The molecule has 2 aromatic carbocycles. The van der Waals surface area contributed by atoms with Crippen molar-refractivity contribution in [3.05, 3.63) is 53.1 Å². The first kappa shape index (κ1) is 28.4. The zero-order valence-corrected chi connectivity index (χ0v) is 24.6. The van der Waals surface area contributed by atoms with Crippen LogP contribution in [0, 0.1) is 0 Å². The maximum absolute atomic E-state index is 13.8. The molecule has 1 atom stereocenters. The molecule has 8 nitrogen and oxygen atoms in total. The van der Waals surface area contributed by atoms with E-state index >= 15 is 0 Å². The molecule has 0 radical (unpaired) electrons. The quantitative estimate of drug-likeness (QED) is 0.338. The molecule has 210 valence electrons. The number of thiazole rings is 1. The van der Waals surface area contributed by atoms with Crippen LogP contribution >= 0.6 is 22.9 Å². The van der Waals surface area contributed by atoms with Crippen LogP contribution in [0.2, 0.25) is 5.02 Å². The lowest BCUT2D eigenvalue weighted by Crippen LogP contribution is -2.43. The van der Waals surface area contributed by atoms with Gasteiger partial charge in [0.25, 0.3) is 5.91 Å². The number of halogens is 1. The number of morpholine rings is 1. The van der Waals surface area contributed by atoms with Crippen molar-refractivity contribution in [1.82, 2.24) is 14.2 Å². The first-order valence-corrected chi connectivity index (χ1v) is 16.3. The largest absolute Gasteiger partial charge is 0.379 e. The lowest BCUT2D eigenvalue weighted by molar-refractivity contribution is 0.0376. The summed E-state index contributed by atoms with van der Waals surface area (Å²) >= 11 is 7.62. The van der Waals surface area contributed by atoms with Crippen molar-refractivity contribution in [2.24, 2.45) is 0 Å². The summed E-state index contributed by atoms with van der Waals surface area (Å²) < 4.78 is 34.8. The van der Waals surface area contributed by atoms with Crippen molar-refractivity contribution in [3.8, 4) is 0 Å². The molecule has 0 spiro atoms. The topological polar surface area (TPSA) is 83.1 Å². The third kappa shape index (κ3) is 6.47. The van der Waals surface area contributed by atoms with Crippen LogP contribution in [0.5, 0.6) is 0 Å². The van der Waals surface area contributed by atoms with E-state index in [0.717, 1.165) is 75.2 Å². The molecule has 3 aromatic rings. The van der Waals surface area contributed by atoms with Crippen LogP contribution in [-0.4, -0.2) is 80.5 Å². The summed E-state index contributed by atoms with van der Waals surface area (Å²) in [5.41, 5.74) is 1.22. The van der Waals surface area contributed by atoms with Crippen molar-refractivity contribution >= 4 is 54.2 Å². The summed E-state index contributed by atoms with van der Waals surface area (Å²) in [6.45, 7) is 7.16. The second kappa shape index (κ2) is 12.6. The zero-order valence-electron chi connectivity index (χ0n) is 22.2. The summed E-state index contributed by atoms with van der Waals surface area (Å²) in [5, 5.41) is 1.23. The van der Waals surface area contributed by atoms with Crippen LogP contribution in [-0.2, 0) is 14.8 Å². The first-order chi connectivity index (χ1) is 18.9. The highest BCUT2D eigenvalue weighted by molar-refractivity contribution is 7.89. The van der Waals surface area contributed by atoms with Gasteiger partial charge in [-0.15, -0.1) is 0 Å². The molecule has 0 N–H and O–H groups in total. The van der Waals surface area contributed by atoms with Crippen LogP contribution in [0.1, 0.15) is 49.4 Å². The third-order valence-corrected chi connectivity index (χ3v) is 10.8. The highest BCUT2D eigenvalue weighted by Crippen LogP contribution is 2.32. The molecule has 2 aliphatic rings. The Hall–Kier alpha value is -2.08. The van der Waals surface area contributed by atoms with Gasteiger partial charge in [0.1, 0.15) is 0 Å². The Morgan fingerprint density at radius 1 is 1.13 bits per heavy atom. The number of ether oxygens (including phenoxy) is 1. The van der Waals surface area contributed by atoms with Crippen LogP contribution in [0.25, 0.3) is 10.2 Å². The van der Waals surface area contributed by atoms with Gasteiger partial charge in [0.15, 0.2) is 5.13 Å². The lowest BCUT2D eigenvalue weighted by Gasteiger charge is -2.34. The van der Waals surface area contributed by atoms with Gasteiger partial charge in [0, 0.05) is 49.4 Å². The van der Waals surface area contributed by atoms with E-state index in [0.29, 0.717) is 28.8 Å². The minimum atomic E-state index is -3.62. The van der Waals surface area contributed by atoms with E-state index < -0.39 is 10.0 Å². The van der Waals surface area contributed by atoms with Gasteiger partial charge in [-0.25, -0.2) is 13.4 Å². The number of benzene rings is 2. The maximum atomic E-state index is 13.8. The Morgan fingerprint density at radius 3 is 2.64 bits per heavy atom. The molecule has 11 heteroatoms. The number of aromatic nitrogens is 1. The number of hydrogen-bond acceptors (Lipinski definition) is 7. The monoisotopic (exact) mass is 590 g/mol. The Balaban J connectivity index is 1.37. The third-order valence-electron chi connectivity index (χ3n) is 7.53. The SMILES string of the molecule is CCC1CCCCN1S(=O)(=O)c1ccc(C(=O)N(CCCN2CCOCC2)c2nc3ccc(Cl)cc3s2)cc1. The summed E-state index contributed by atoms with van der Waals surface area (Å²) in [7, 11) is -3.62. The van der Waals surface area contributed by atoms with Crippen LogP contribution in [0.4, 0.5) is 5.13 Å². The van der Waals surface area contributed by atoms with E-state index in [9.17, 15) is 13.2 Å². The Kier molecular flexibility index (Phi) is 9.20. The molecular weight excluding hydrogens is 556 g/mol. The summed E-state index contributed by atoms with van der Waals surface area (Å²) in [6, 6.07) is 11.9. The van der Waals surface area contributed by atoms with E-state index in [-0.39, 0.29) is 16.8 Å². The van der Waals surface area contributed by atoms with Crippen LogP contribution < -0.4 is 4.90 Å². The van der Waals surface area contributed by atoms with Gasteiger partial charge in [0.05, 0.1) is 28.3 Å². The van der Waals surface area contributed by atoms with E-state index in [4.69, 9.17) is 21.3 Å². The number of anilines is 1. The Morgan fingerprint density at radius 2 is 1.90 bits per heavy atom. The van der Waals surface area contributed by atoms with Gasteiger partial charge in [0.2, 0.25) is 10.0 Å². The van der Waals surface area contributed by atoms with Gasteiger partial charge < -0.3 is 4.74 Å². The lowest BCUT2D eigenvalue weighted by atomic mass is 10.0. The maximum Gasteiger partial charge on any atom is 0.260 e. The Labute approximate surface area is 239 Å². The van der Waals surface area contributed by atoms with Crippen molar-refractivity contribution in [1.29, 1.82) is 0 Å². The fraction of sp³-hybridized carbons (Fsp3) is 0.500. The standard InChI is InChI=1S/C28H35ClN4O4S2/c1-2-23-6-3-4-15-33(23)39(35,36)24-10-7-21(8-11-24)27(34)32(14-5-13-31-16-18-37-19-17-31)28-30-25-12-9-22(29)20-26(25)38-28/h7-12,20,23H,2-6,13-19H2,1H3. The molecule has 2 fully saturated rings. The number of piperidine rings is 1. The van der Waals surface area contributed by atoms with Crippen molar-refractivity contribution in [3.63, 3.8) is 0 Å². The second-order valence-electron chi connectivity index (χ2n) is 10.1. The molecule has 0 bridgehead atoms. The van der Waals surface area contributed by atoms with Gasteiger partial charge in [-0.05, 0) is 68.1 Å². The van der Waals surface area contributed by atoms with E-state index in [1.165, 1.54) is 11.3 Å². The van der Waals surface area contributed by atoms with Crippen LogP contribution in [0.15, 0.2) is 47.4 Å². The minimum absolute atomic E-state index is 0.0274. The number of hydrogen-bond donors (Lipinski definition) is 0. The molecule has 3 heterocycles. The van der Waals surface area contributed by atoms with Crippen LogP contribution in [0.3, 0.4) is 0 Å². The van der Waals surface area contributed by atoms with E-state index in [1.807, 2.05) is 19.1 Å². The smallest absolute Gasteiger partial charge is 0.260 e. The molecule has 1 unspecified atom stereocenters. The van der Waals surface area contributed by atoms with Crippen molar-refractivity contribution in [2.75, 3.05) is 50.8 Å². The van der Waals surface area contributed by atoms with Gasteiger partial charge in [-0.2, -0.15) is 4.31 Å². The number of sulfonamides is 1. The average Bonchev–Trinajstić information content (AvgIpc) is 3.38. The normalized spacial score (nSPS) is 19.4. The summed E-state index contributed by atoms with van der Waals surface area (Å²) in [4.78, 5) is 22.8. The average molecular weight is 591 g/mol. The molecule has 39 heavy (non-hydrogen) atoms. The molecule has 2 saturated heterocycles. The number of carbonyl (C=O) groups is 1. The van der Waals surface area contributed by atoms with Gasteiger partial charge in [-0.3, -0.25) is 14.6 Å². The molecule has 0 saturated carbocycles.